The molecule has 1 fully saturated rings. The summed E-state index contributed by atoms with van der Waals surface area (Å²) in [5, 5.41) is 17.2. The summed E-state index contributed by atoms with van der Waals surface area (Å²) >= 11 is 12.3. The van der Waals surface area contributed by atoms with Crippen LogP contribution in [0.5, 0.6) is 0 Å². The molecule has 3 aliphatic rings. The predicted octanol–water partition coefficient (Wildman–Crippen LogP) is 3.67. The average molecular weight is 563 g/mol. The van der Waals surface area contributed by atoms with Crippen LogP contribution in [0.2, 0.25) is 10.2 Å². The molecule has 2 aromatic heterocycles. The van der Waals surface area contributed by atoms with E-state index in [4.69, 9.17) is 33.6 Å². The Balaban J connectivity index is 1.38. The topological polar surface area (TPSA) is 100 Å². The second-order valence-corrected chi connectivity index (χ2v) is 11.0. The first-order chi connectivity index (χ1) is 18.9. The molecule has 8 nitrogen and oxygen atoms in total. The molecule has 3 heterocycles. The number of pyridine rings is 1. The summed E-state index contributed by atoms with van der Waals surface area (Å²) in [5.74, 6) is 0.516. The summed E-state index contributed by atoms with van der Waals surface area (Å²) in [4.78, 5) is 22.8. The van der Waals surface area contributed by atoms with Crippen molar-refractivity contribution in [2.24, 2.45) is 12.0 Å². The number of anilines is 1. The lowest BCUT2D eigenvalue weighted by Gasteiger charge is -2.19. The van der Waals surface area contributed by atoms with Crippen molar-refractivity contribution in [2.75, 3.05) is 11.9 Å². The smallest absolute Gasteiger partial charge is 0.267 e. The number of para-hydroxylation sites is 1. The Bertz CT molecular complexity index is 1730. The van der Waals surface area contributed by atoms with Crippen LogP contribution in [-0.4, -0.2) is 26.7 Å². The van der Waals surface area contributed by atoms with Crippen molar-refractivity contribution < 1.29 is 0 Å². The highest BCUT2D eigenvalue weighted by atomic mass is 35.5. The minimum atomic E-state index is -0.246. The van der Waals surface area contributed by atoms with Gasteiger partial charge in [0.25, 0.3) is 5.56 Å². The average Bonchev–Trinajstić information content (AvgIpc) is 3.53. The highest BCUT2D eigenvalue weighted by molar-refractivity contribution is 6.34. The fourth-order valence-electron chi connectivity index (χ4n) is 5.69. The Morgan fingerprint density at radius 2 is 1.95 bits per heavy atom. The van der Waals surface area contributed by atoms with Crippen LogP contribution in [-0.2, 0) is 7.05 Å². The minimum absolute atomic E-state index is 0.134. The summed E-state index contributed by atoms with van der Waals surface area (Å²) in [6.07, 6.45) is 8.77. The monoisotopic (exact) mass is 561 g/mol. The minimum Gasteiger partial charge on any atom is -0.367 e. The Kier molecular flexibility index (Phi) is 6.91. The zero-order valence-electron chi connectivity index (χ0n) is 21.5. The van der Waals surface area contributed by atoms with Gasteiger partial charge in [-0.2, -0.15) is 0 Å². The van der Waals surface area contributed by atoms with Crippen molar-refractivity contribution in [3.8, 4) is 0 Å². The number of halogens is 2. The summed E-state index contributed by atoms with van der Waals surface area (Å²) < 4.78 is 3.53. The molecule has 39 heavy (non-hydrogen) atoms. The van der Waals surface area contributed by atoms with E-state index in [-0.39, 0.29) is 23.1 Å². The number of hydrogen-bond acceptors (Lipinski definition) is 6. The molecular weight excluding hydrogens is 533 g/mol. The number of allylic oxidation sites excluding steroid dienone is 3. The van der Waals surface area contributed by atoms with Gasteiger partial charge in [0.1, 0.15) is 21.7 Å². The van der Waals surface area contributed by atoms with Gasteiger partial charge in [-0.15, -0.1) is 0 Å². The van der Waals surface area contributed by atoms with Gasteiger partial charge < -0.3 is 10.6 Å². The predicted molar refractivity (Wildman–Crippen MR) is 154 cm³/mol. The van der Waals surface area contributed by atoms with E-state index < -0.39 is 0 Å². The van der Waals surface area contributed by atoms with Crippen molar-refractivity contribution >= 4 is 40.3 Å². The number of nitrogens with one attached hydrogen (secondary N) is 3. The highest BCUT2D eigenvalue weighted by Gasteiger charge is 2.35. The summed E-state index contributed by atoms with van der Waals surface area (Å²) in [7, 11) is 1.74. The van der Waals surface area contributed by atoms with Crippen LogP contribution >= 0.6 is 23.2 Å². The number of rotatable bonds is 6. The Morgan fingerprint density at radius 1 is 1.13 bits per heavy atom. The van der Waals surface area contributed by atoms with Crippen LogP contribution in [0.3, 0.4) is 0 Å². The second kappa shape index (κ2) is 10.5. The van der Waals surface area contributed by atoms with Gasteiger partial charge in [0.2, 0.25) is 5.62 Å². The SMILES string of the molecule is Cn1c(=O)/c(=C(/NCC2=CC=C(c3cc(Cl)cc(Cl)n3)CC2)Nc2ccccc2)c(=N)n2c1=N[C@@H]1CCC[C@@H]12. The lowest BCUT2D eigenvalue weighted by atomic mass is 9.96. The summed E-state index contributed by atoms with van der Waals surface area (Å²) in [6, 6.07) is 13.4. The third kappa shape index (κ3) is 4.94. The quantitative estimate of drug-likeness (QED) is 0.400. The van der Waals surface area contributed by atoms with Crippen LogP contribution in [0.15, 0.2) is 70.0 Å². The molecule has 0 amide bonds. The Labute approximate surface area is 235 Å². The Morgan fingerprint density at radius 3 is 2.69 bits per heavy atom. The van der Waals surface area contributed by atoms with Gasteiger partial charge in [-0.1, -0.05) is 59.1 Å². The van der Waals surface area contributed by atoms with Crippen LogP contribution in [0.25, 0.3) is 11.4 Å². The van der Waals surface area contributed by atoms with Gasteiger partial charge in [-0.3, -0.25) is 19.3 Å². The van der Waals surface area contributed by atoms with Gasteiger partial charge in [0.15, 0.2) is 0 Å². The highest BCUT2D eigenvalue weighted by Crippen LogP contribution is 2.32. The lowest BCUT2D eigenvalue weighted by Crippen LogP contribution is -2.59. The van der Waals surface area contributed by atoms with E-state index in [1.54, 1.807) is 17.7 Å². The van der Waals surface area contributed by atoms with E-state index in [0.717, 1.165) is 49.1 Å². The molecule has 0 saturated heterocycles. The standard InChI is InChI=1S/C29H29Cl2N7O/c1-37-28(39)25(26(32)38-23-9-5-8-21(23)36-29(37)38)27(34-20-6-3-2-4-7-20)33-16-17-10-12-18(13-11-17)22-14-19(30)15-24(31)35-22/h2-4,6-7,10,12,14-15,21,23,32-34H,5,8-9,11,13,16H2,1H3/b27-25-,32-26?/t21-,23+/m1/s1. The van der Waals surface area contributed by atoms with Crippen molar-refractivity contribution in [2.45, 2.75) is 44.2 Å². The van der Waals surface area contributed by atoms with Gasteiger partial charge in [-0.05, 0) is 61.9 Å². The molecule has 1 aromatic carbocycles. The molecule has 2 aliphatic carbocycles. The van der Waals surface area contributed by atoms with Gasteiger partial charge in [0, 0.05) is 24.3 Å². The van der Waals surface area contributed by atoms with Crippen molar-refractivity contribution in [1.82, 2.24) is 19.4 Å². The first kappa shape index (κ1) is 25.6. The number of nitrogens with zero attached hydrogens (tertiary/aromatic N) is 4. The molecule has 6 rings (SSSR count). The molecule has 0 unspecified atom stereocenters. The first-order valence-corrected chi connectivity index (χ1v) is 13.9. The number of fused-ring (bicyclic) bond motifs is 3. The molecular formula is C29H29Cl2N7O. The summed E-state index contributed by atoms with van der Waals surface area (Å²) in [5.41, 5.74) is 4.39. The lowest BCUT2D eigenvalue weighted by molar-refractivity contribution is 0.465. The maximum absolute atomic E-state index is 13.6. The maximum atomic E-state index is 13.6. The van der Waals surface area contributed by atoms with E-state index in [1.807, 2.05) is 47.0 Å². The first-order valence-electron chi connectivity index (χ1n) is 13.2. The maximum Gasteiger partial charge on any atom is 0.267 e. The summed E-state index contributed by atoms with van der Waals surface area (Å²) in [6.45, 7) is 0.517. The van der Waals surface area contributed by atoms with Crippen molar-refractivity contribution in [3.05, 3.63) is 103 Å². The van der Waals surface area contributed by atoms with Crippen LogP contribution in [0.4, 0.5) is 5.69 Å². The molecule has 1 saturated carbocycles. The molecule has 1 aliphatic heterocycles. The normalized spacial score (nSPS) is 20.4. The molecule has 3 aromatic rings. The van der Waals surface area contributed by atoms with Crippen LogP contribution < -0.4 is 32.5 Å². The third-order valence-electron chi connectivity index (χ3n) is 7.68. The van der Waals surface area contributed by atoms with Gasteiger partial charge >= 0.3 is 0 Å². The van der Waals surface area contributed by atoms with Gasteiger partial charge in [-0.25, -0.2) is 9.98 Å². The molecule has 2 atom stereocenters. The third-order valence-corrected chi connectivity index (χ3v) is 8.09. The van der Waals surface area contributed by atoms with Gasteiger partial charge in [0.05, 0.1) is 17.8 Å². The second-order valence-electron chi connectivity index (χ2n) is 10.2. The Hall–Kier alpha value is -3.62. The zero-order valence-corrected chi connectivity index (χ0v) is 23.1. The molecule has 3 N–H and O–H groups in total. The molecule has 0 bridgehead atoms. The van der Waals surface area contributed by atoms with Crippen LogP contribution in [0, 0.1) is 5.41 Å². The number of benzene rings is 1. The molecule has 0 spiro atoms. The van der Waals surface area contributed by atoms with E-state index in [2.05, 4.69) is 21.7 Å². The van der Waals surface area contributed by atoms with E-state index in [9.17, 15) is 4.79 Å². The molecule has 10 heteroatoms. The van der Waals surface area contributed by atoms with Crippen LogP contribution in [0.1, 0.15) is 43.8 Å². The van der Waals surface area contributed by atoms with E-state index in [0.29, 0.717) is 33.4 Å². The van der Waals surface area contributed by atoms with Crippen molar-refractivity contribution in [3.63, 3.8) is 0 Å². The molecule has 0 radical (unpaired) electrons. The van der Waals surface area contributed by atoms with E-state index in [1.165, 1.54) is 5.57 Å². The number of hydrogen-bond donors (Lipinski definition) is 3. The zero-order chi connectivity index (χ0) is 27.1. The fraction of sp³-hybridized carbons (Fsp3) is 0.310. The van der Waals surface area contributed by atoms with E-state index >= 15 is 0 Å². The molecule has 200 valence electrons. The fourth-order valence-corrected chi connectivity index (χ4v) is 6.16. The largest absolute Gasteiger partial charge is 0.367 e. The number of aromatic nitrogens is 3. The van der Waals surface area contributed by atoms with Crippen molar-refractivity contribution in [1.29, 1.82) is 5.41 Å².